The van der Waals surface area contributed by atoms with E-state index in [-0.39, 0.29) is 23.8 Å². The Morgan fingerprint density at radius 1 is 1.09 bits per heavy atom. The molecule has 1 heterocycles. The van der Waals surface area contributed by atoms with Crippen LogP contribution in [0.2, 0.25) is 0 Å². The van der Waals surface area contributed by atoms with E-state index >= 15 is 0 Å². The van der Waals surface area contributed by atoms with Crippen molar-refractivity contribution in [2.75, 3.05) is 40.8 Å². The summed E-state index contributed by atoms with van der Waals surface area (Å²) in [6.45, 7) is 1.74. The summed E-state index contributed by atoms with van der Waals surface area (Å²) in [6, 6.07) is 17.8. The van der Waals surface area contributed by atoms with Crippen LogP contribution in [0.25, 0.3) is 6.08 Å². The molecule has 1 saturated heterocycles. The predicted molar refractivity (Wildman–Crippen MR) is 127 cm³/mol. The summed E-state index contributed by atoms with van der Waals surface area (Å²) >= 11 is 0. The fourth-order valence-electron chi connectivity index (χ4n) is 3.97. The molecule has 1 fully saturated rings. The summed E-state index contributed by atoms with van der Waals surface area (Å²) in [4.78, 5) is 29.2. The molecule has 0 radical (unpaired) electrons. The molecule has 170 valence electrons. The molecule has 0 aliphatic carbocycles. The SMILES string of the molecule is COc1ccc(C(CNC(=O)C2CCN(C(=O)/C=C/c3ccccc3)CC2)N(C)C)cc1. The maximum absolute atomic E-state index is 12.8. The van der Waals surface area contributed by atoms with Crippen molar-refractivity contribution in [1.82, 2.24) is 15.1 Å². The zero-order valence-electron chi connectivity index (χ0n) is 19.2. The molecule has 1 atom stereocenters. The van der Waals surface area contributed by atoms with Crippen molar-refractivity contribution >= 4 is 17.9 Å². The van der Waals surface area contributed by atoms with Crippen molar-refractivity contribution in [1.29, 1.82) is 0 Å². The second kappa shape index (κ2) is 11.5. The highest BCUT2D eigenvalue weighted by atomic mass is 16.5. The molecular weight excluding hydrogens is 402 g/mol. The van der Waals surface area contributed by atoms with Crippen LogP contribution >= 0.6 is 0 Å². The van der Waals surface area contributed by atoms with Crippen molar-refractivity contribution in [3.05, 3.63) is 71.8 Å². The van der Waals surface area contributed by atoms with Crippen molar-refractivity contribution in [3.63, 3.8) is 0 Å². The Bertz CT molecular complexity index is 902. The van der Waals surface area contributed by atoms with Crippen molar-refractivity contribution in [2.45, 2.75) is 18.9 Å². The molecule has 1 unspecified atom stereocenters. The number of likely N-dealkylation sites (N-methyl/N-ethyl adjacent to an activating group) is 1. The Kier molecular flexibility index (Phi) is 8.45. The number of nitrogens with one attached hydrogen (secondary N) is 1. The number of ether oxygens (including phenoxy) is 1. The summed E-state index contributed by atoms with van der Waals surface area (Å²) in [6.07, 6.45) is 4.83. The van der Waals surface area contributed by atoms with E-state index in [2.05, 4.69) is 10.2 Å². The summed E-state index contributed by atoms with van der Waals surface area (Å²) in [5, 5.41) is 3.12. The first-order chi connectivity index (χ1) is 15.5. The van der Waals surface area contributed by atoms with Crippen LogP contribution in [0.1, 0.15) is 30.0 Å². The third kappa shape index (κ3) is 6.44. The van der Waals surface area contributed by atoms with E-state index in [1.54, 1.807) is 13.2 Å². The molecule has 32 heavy (non-hydrogen) atoms. The number of amides is 2. The molecule has 1 N–H and O–H groups in total. The van der Waals surface area contributed by atoms with Gasteiger partial charge in [0.1, 0.15) is 5.75 Å². The normalized spacial score (nSPS) is 15.7. The summed E-state index contributed by atoms with van der Waals surface area (Å²) in [5.41, 5.74) is 2.13. The number of likely N-dealkylation sites (tertiary alicyclic amines) is 1. The van der Waals surface area contributed by atoms with Gasteiger partial charge >= 0.3 is 0 Å². The van der Waals surface area contributed by atoms with Crippen molar-refractivity contribution < 1.29 is 14.3 Å². The number of rotatable bonds is 8. The fraction of sp³-hybridized carbons (Fsp3) is 0.385. The number of nitrogens with zero attached hydrogens (tertiary/aromatic N) is 2. The summed E-state index contributed by atoms with van der Waals surface area (Å²) in [5.74, 6) is 0.822. The molecule has 0 bridgehead atoms. The second-order valence-electron chi connectivity index (χ2n) is 8.34. The monoisotopic (exact) mass is 435 g/mol. The molecule has 3 rings (SSSR count). The van der Waals surface area contributed by atoms with Gasteiger partial charge in [0.2, 0.25) is 11.8 Å². The van der Waals surface area contributed by atoms with Gasteiger partial charge < -0.3 is 19.9 Å². The molecule has 0 spiro atoms. The number of hydrogen-bond donors (Lipinski definition) is 1. The number of benzene rings is 2. The standard InChI is InChI=1S/C26H33N3O3/c1-28(2)24(21-10-12-23(32-3)13-11-21)19-27-26(31)22-15-17-29(18-16-22)25(30)14-9-20-7-5-4-6-8-20/h4-14,22,24H,15-19H2,1-3H3,(H,27,31)/b14-9+. The van der Waals surface area contributed by atoms with E-state index < -0.39 is 0 Å². The van der Waals surface area contributed by atoms with Gasteiger partial charge in [-0.05, 0) is 56.3 Å². The summed E-state index contributed by atoms with van der Waals surface area (Å²) < 4.78 is 5.23. The molecule has 2 aromatic carbocycles. The lowest BCUT2D eigenvalue weighted by Gasteiger charge is -2.31. The van der Waals surface area contributed by atoms with Crippen molar-refractivity contribution in [3.8, 4) is 5.75 Å². The first-order valence-corrected chi connectivity index (χ1v) is 11.1. The van der Waals surface area contributed by atoms with Gasteiger partial charge in [0.15, 0.2) is 0 Å². The second-order valence-corrected chi connectivity index (χ2v) is 8.34. The molecule has 2 aromatic rings. The van der Waals surface area contributed by atoms with Gasteiger partial charge in [-0.2, -0.15) is 0 Å². The molecule has 6 heteroatoms. The molecule has 1 aliphatic rings. The smallest absolute Gasteiger partial charge is 0.246 e. The molecule has 0 aromatic heterocycles. The Labute approximate surface area is 190 Å². The Morgan fingerprint density at radius 3 is 2.34 bits per heavy atom. The van der Waals surface area contributed by atoms with Crippen LogP contribution in [0.4, 0.5) is 0 Å². The van der Waals surface area contributed by atoms with Gasteiger partial charge in [0, 0.05) is 31.6 Å². The lowest BCUT2D eigenvalue weighted by Crippen LogP contribution is -2.44. The minimum Gasteiger partial charge on any atom is -0.497 e. The largest absolute Gasteiger partial charge is 0.497 e. The number of piperidine rings is 1. The van der Waals surface area contributed by atoms with Crippen LogP contribution in [0, 0.1) is 5.92 Å². The van der Waals surface area contributed by atoms with Crippen LogP contribution < -0.4 is 10.1 Å². The Morgan fingerprint density at radius 2 is 1.75 bits per heavy atom. The minimum absolute atomic E-state index is 0.000103. The van der Waals surface area contributed by atoms with E-state index in [4.69, 9.17) is 4.74 Å². The number of carbonyl (C=O) groups excluding carboxylic acids is 2. The van der Waals surface area contributed by atoms with E-state index in [1.807, 2.05) is 79.7 Å². The van der Waals surface area contributed by atoms with Gasteiger partial charge in [0.05, 0.1) is 13.2 Å². The highest BCUT2D eigenvalue weighted by Gasteiger charge is 2.27. The molecule has 1 aliphatic heterocycles. The fourth-order valence-corrected chi connectivity index (χ4v) is 3.97. The summed E-state index contributed by atoms with van der Waals surface area (Å²) in [7, 11) is 5.67. The maximum atomic E-state index is 12.8. The van der Waals surface area contributed by atoms with E-state index in [1.165, 1.54) is 0 Å². The Balaban J connectivity index is 1.48. The quantitative estimate of drug-likeness (QED) is 0.646. The highest BCUT2D eigenvalue weighted by molar-refractivity contribution is 5.92. The first kappa shape index (κ1) is 23.5. The van der Waals surface area contributed by atoms with Crippen LogP contribution in [0.3, 0.4) is 0 Å². The van der Waals surface area contributed by atoms with E-state index in [9.17, 15) is 9.59 Å². The number of methoxy groups -OCH3 is 1. The van der Waals surface area contributed by atoms with Gasteiger partial charge in [-0.25, -0.2) is 0 Å². The van der Waals surface area contributed by atoms with Gasteiger partial charge in [0.25, 0.3) is 0 Å². The topological polar surface area (TPSA) is 61.9 Å². The van der Waals surface area contributed by atoms with E-state index in [0.717, 1.165) is 16.9 Å². The maximum Gasteiger partial charge on any atom is 0.246 e. The Hall–Kier alpha value is -3.12. The lowest BCUT2D eigenvalue weighted by atomic mass is 9.95. The predicted octanol–water partition coefficient (Wildman–Crippen LogP) is 3.37. The van der Waals surface area contributed by atoms with Crippen molar-refractivity contribution in [2.24, 2.45) is 5.92 Å². The lowest BCUT2D eigenvalue weighted by molar-refractivity contribution is -0.132. The van der Waals surface area contributed by atoms with Gasteiger partial charge in [-0.3, -0.25) is 9.59 Å². The number of hydrogen-bond acceptors (Lipinski definition) is 4. The zero-order valence-corrected chi connectivity index (χ0v) is 19.2. The highest BCUT2D eigenvalue weighted by Crippen LogP contribution is 2.22. The van der Waals surface area contributed by atoms with Gasteiger partial charge in [-0.1, -0.05) is 42.5 Å². The molecular formula is C26H33N3O3. The van der Waals surface area contributed by atoms with Crippen LogP contribution in [-0.2, 0) is 9.59 Å². The molecule has 2 amide bonds. The molecule has 0 saturated carbocycles. The van der Waals surface area contributed by atoms with Crippen LogP contribution in [0.5, 0.6) is 5.75 Å². The number of carbonyl (C=O) groups is 2. The average Bonchev–Trinajstić information content (AvgIpc) is 2.83. The zero-order chi connectivity index (χ0) is 22.9. The van der Waals surface area contributed by atoms with Crippen LogP contribution in [-0.4, -0.2) is 62.5 Å². The van der Waals surface area contributed by atoms with E-state index in [0.29, 0.717) is 32.5 Å². The third-order valence-electron chi connectivity index (χ3n) is 5.99. The van der Waals surface area contributed by atoms with Crippen LogP contribution in [0.15, 0.2) is 60.7 Å². The molecule has 6 nitrogen and oxygen atoms in total. The van der Waals surface area contributed by atoms with Gasteiger partial charge in [-0.15, -0.1) is 0 Å². The average molecular weight is 436 g/mol. The minimum atomic E-state index is -0.0594. The first-order valence-electron chi connectivity index (χ1n) is 11.1. The third-order valence-corrected chi connectivity index (χ3v) is 5.99.